The molecule has 4 rings (SSSR count). The molecule has 0 spiro atoms. The predicted molar refractivity (Wildman–Crippen MR) is 71.3 cm³/mol. The standard InChI is InChI=1S/C13H14N6/c14-6-8-1-4-12-10(5-8)16-13(11-7-15-18-17-11)19(12)9-2-3-9/h1,4-5,7,9H,2-3,6,14H2,(H,15,17,18). The molecule has 19 heavy (non-hydrogen) atoms. The zero-order chi connectivity index (χ0) is 12.8. The van der Waals surface area contributed by atoms with Gasteiger partial charge in [-0.3, -0.25) is 0 Å². The second-order valence-corrected chi connectivity index (χ2v) is 4.92. The Kier molecular flexibility index (Phi) is 2.19. The van der Waals surface area contributed by atoms with Gasteiger partial charge >= 0.3 is 0 Å². The largest absolute Gasteiger partial charge is 0.326 e. The summed E-state index contributed by atoms with van der Waals surface area (Å²) in [7, 11) is 0. The summed E-state index contributed by atoms with van der Waals surface area (Å²) in [5.74, 6) is 0.889. The summed E-state index contributed by atoms with van der Waals surface area (Å²) < 4.78 is 2.27. The minimum Gasteiger partial charge on any atom is -0.326 e. The van der Waals surface area contributed by atoms with E-state index < -0.39 is 0 Å². The zero-order valence-electron chi connectivity index (χ0n) is 10.4. The minimum absolute atomic E-state index is 0.533. The number of imidazole rings is 1. The molecule has 96 valence electrons. The Morgan fingerprint density at radius 1 is 1.37 bits per heavy atom. The summed E-state index contributed by atoms with van der Waals surface area (Å²) in [6.45, 7) is 0.533. The Labute approximate surface area is 109 Å². The number of nitrogens with two attached hydrogens (primary N) is 1. The average Bonchev–Trinajstić information content (AvgIpc) is 3.01. The van der Waals surface area contributed by atoms with E-state index in [4.69, 9.17) is 10.7 Å². The summed E-state index contributed by atoms with van der Waals surface area (Å²) in [5, 5.41) is 10.7. The maximum absolute atomic E-state index is 5.69. The molecule has 2 aromatic heterocycles. The number of aromatic amines is 1. The molecule has 3 N–H and O–H groups in total. The molecule has 0 unspecified atom stereocenters. The fraction of sp³-hybridized carbons (Fsp3) is 0.308. The Hall–Kier alpha value is -2.21. The van der Waals surface area contributed by atoms with Crippen molar-refractivity contribution in [3.63, 3.8) is 0 Å². The lowest BCUT2D eigenvalue weighted by molar-refractivity contribution is 0.771. The number of hydrogen-bond donors (Lipinski definition) is 2. The van der Waals surface area contributed by atoms with Crippen molar-refractivity contribution in [2.75, 3.05) is 0 Å². The summed E-state index contributed by atoms with van der Waals surface area (Å²) in [6, 6.07) is 6.76. The van der Waals surface area contributed by atoms with Crippen LogP contribution in [0.3, 0.4) is 0 Å². The lowest BCUT2D eigenvalue weighted by Crippen LogP contribution is -1.98. The number of fused-ring (bicyclic) bond motifs is 1. The van der Waals surface area contributed by atoms with E-state index in [0.29, 0.717) is 12.6 Å². The van der Waals surface area contributed by atoms with Gasteiger partial charge in [-0.15, -0.1) is 0 Å². The molecule has 0 aliphatic heterocycles. The van der Waals surface area contributed by atoms with Crippen molar-refractivity contribution >= 4 is 11.0 Å². The topological polar surface area (TPSA) is 85.4 Å². The van der Waals surface area contributed by atoms with Crippen molar-refractivity contribution < 1.29 is 0 Å². The summed E-state index contributed by atoms with van der Waals surface area (Å²) in [5.41, 5.74) is 9.71. The van der Waals surface area contributed by atoms with Crippen molar-refractivity contribution in [1.29, 1.82) is 0 Å². The van der Waals surface area contributed by atoms with Crippen molar-refractivity contribution in [1.82, 2.24) is 25.0 Å². The van der Waals surface area contributed by atoms with Crippen LogP contribution < -0.4 is 5.73 Å². The van der Waals surface area contributed by atoms with Crippen molar-refractivity contribution in [3.8, 4) is 11.5 Å². The summed E-state index contributed by atoms with van der Waals surface area (Å²) in [4.78, 5) is 4.71. The molecule has 1 saturated carbocycles. The number of hydrogen-bond acceptors (Lipinski definition) is 4. The number of rotatable bonds is 3. The second-order valence-electron chi connectivity index (χ2n) is 4.92. The number of benzene rings is 1. The van der Waals surface area contributed by atoms with Crippen LogP contribution >= 0.6 is 0 Å². The van der Waals surface area contributed by atoms with Gasteiger partial charge in [0.05, 0.1) is 17.2 Å². The van der Waals surface area contributed by atoms with Crippen LogP contribution in [0.2, 0.25) is 0 Å². The number of H-pyrrole nitrogens is 1. The van der Waals surface area contributed by atoms with Gasteiger partial charge in [0.2, 0.25) is 0 Å². The third-order valence-electron chi connectivity index (χ3n) is 3.55. The number of nitrogens with one attached hydrogen (secondary N) is 1. The average molecular weight is 254 g/mol. The van der Waals surface area contributed by atoms with Gasteiger partial charge in [-0.05, 0) is 30.5 Å². The summed E-state index contributed by atoms with van der Waals surface area (Å²) >= 11 is 0. The maximum Gasteiger partial charge on any atom is 0.163 e. The first kappa shape index (κ1) is 10.7. The van der Waals surface area contributed by atoms with Crippen LogP contribution in [0.1, 0.15) is 24.4 Å². The molecule has 1 aromatic carbocycles. The molecule has 3 aromatic rings. The van der Waals surface area contributed by atoms with E-state index in [1.54, 1.807) is 6.20 Å². The van der Waals surface area contributed by atoms with E-state index in [0.717, 1.165) is 28.1 Å². The first-order valence-corrected chi connectivity index (χ1v) is 6.44. The van der Waals surface area contributed by atoms with Crippen LogP contribution in [-0.2, 0) is 6.54 Å². The van der Waals surface area contributed by atoms with Gasteiger partial charge in [0, 0.05) is 12.6 Å². The van der Waals surface area contributed by atoms with Gasteiger partial charge in [-0.2, -0.15) is 15.4 Å². The molecule has 1 fully saturated rings. The van der Waals surface area contributed by atoms with Gasteiger partial charge in [0.25, 0.3) is 0 Å². The molecule has 0 amide bonds. The Bertz CT molecular complexity index is 723. The number of nitrogens with zero attached hydrogens (tertiary/aromatic N) is 4. The molecular formula is C13H14N6. The maximum atomic E-state index is 5.69. The zero-order valence-corrected chi connectivity index (χ0v) is 10.4. The lowest BCUT2D eigenvalue weighted by atomic mass is 10.2. The van der Waals surface area contributed by atoms with Crippen LogP contribution in [0, 0.1) is 0 Å². The Morgan fingerprint density at radius 2 is 2.26 bits per heavy atom. The van der Waals surface area contributed by atoms with Gasteiger partial charge in [0.1, 0.15) is 5.69 Å². The van der Waals surface area contributed by atoms with Gasteiger partial charge < -0.3 is 10.3 Å². The molecule has 0 radical (unpaired) electrons. The second kappa shape index (κ2) is 3.89. The monoisotopic (exact) mass is 254 g/mol. The Morgan fingerprint density at radius 3 is 2.95 bits per heavy atom. The molecular weight excluding hydrogens is 240 g/mol. The van der Waals surface area contributed by atoms with E-state index in [-0.39, 0.29) is 0 Å². The highest BCUT2D eigenvalue weighted by molar-refractivity contribution is 5.81. The van der Waals surface area contributed by atoms with E-state index in [2.05, 4.69) is 38.2 Å². The van der Waals surface area contributed by atoms with Gasteiger partial charge in [-0.1, -0.05) is 6.07 Å². The van der Waals surface area contributed by atoms with Crippen LogP contribution in [0.15, 0.2) is 24.4 Å². The highest BCUT2D eigenvalue weighted by atomic mass is 15.3. The van der Waals surface area contributed by atoms with E-state index in [9.17, 15) is 0 Å². The fourth-order valence-electron chi connectivity index (χ4n) is 2.46. The molecule has 6 heteroatoms. The Balaban J connectivity index is 1.98. The lowest BCUT2D eigenvalue weighted by Gasteiger charge is -2.05. The molecule has 0 bridgehead atoms. The normalized spacial score (nSPS) is 15.2. The predicted octanol–water partition coefficient (Wildman–Crippen LogP) is 1.61. The quantitative estimate of drug-likeness (QED) is 0.743. The van der Waals surface area contributed by atoms with E-state index in [1.165, 1.54) is 12.8 Å². The molecule has 0 atom stereocenters. The number of aromatic nitrogens is 5. The first-order valence-electron chi connectivity index (χ1n) is 6.44. The fourth-order valence-corrected chi connectivity index (χ4v) is 2.46. The van der Waals surface area contributed by atoms with Crippen LogP contribution in [0.25, 0.3) is 22.6 Å². The first-order chi connectivity index (χ1) is 9.36. The highest BCUT2D eigenvalue weighted by Crippen LogP contribution is 2.40. The molecule has 0 saturated heterocycles. The van der Waals surface area contributed by atoms with Crippen LogP contribution in [0.4, 0.5) is 0 Å². The SMILES string of the molecule is NCc1ccc2c(c1)nc(-c1cn[nH]n1)n2C1CC1. The molecule has 1 aliphatic rings. The smallest absolute Gasteiger partial charge is 0.163 e. The minimum atomic E-state index is 0.533. The molecule has 1 aliphatic carbocycles. The highest BCUT2D eigenvalue weighted by Gasteiger charge is 2.29. The van der Waals surface area contributed by atoms with E-state index in [1.807, 2.05) is 0 Å². The molecule has 6 nitrogen and oxygen atoms in total. The van der Waals surface area contributed by atoms with Gasteiger partial charge in [0.15, 0.2) is 5.82 Å². The van der Waals surface area contributed by atoms with Crippen LogP contribution in [0.5, 0.6) is 0 Å². The third kappa shape index (κ3) is 1.64. The molecule has 2 heterocycles. The van der Waals surface area contributed by atoms with Crippen molar-refractivity contribution in [2.45, 2.75) is 25.4 Å². The van der Waals surface area contributed by atoms with Crippen molar-refractivity contribution in [2.24, 2.45) is 5.73 Å². The summed E-state index contributed by atoms with van der Waals surface area (Å²) in [6.07, 6.45) is 4.12. The van der Waals surface area contributed by atoms with E-state index >= 15 is 0 Å². The third-order valence-corrected chi connectivity index (χ3v) is 3.55. The van der Waals surface area contributed by atoms with Crippen molar-refractivity contribution in [3.05, 3.63) is 30.0 Å². The van der Waals surface area contributed by atoms with Gasteiger partial charge in [-0.25, -0.2) is 4.98 Å². The van der Waals surface area contributed by atoms with Crippen LogP contribution in [-0.4, -0.2) is 25.0 Å².